The van der Waals surface area contributed by atoms with E-state index in [-0.39, 0.29) is 22.2 Å². The molecule has 0 radical (unpaired) electrons. The SMILES string of the molecule is CCc1cc(C(c2cc(CC)cc(C(C)(C)C)c2O)C23CC4CCC2C43C)c(O)c(C(C)(C)C)c1. The minimum Gasteiger partial charge on any atom is -0.507 e. The molecule has 4 unspecified atom stereocenters. The van der Waals surface area contributed by atoms with Crippen molar-refractivity contribution in [3.63, 3.8) is 0 Å². The highest BCUT2D eigenvalue weighted by molar-refractivity contribution is 5.60. The Kier molecular flexibility index (Phi) is 5.32. The van der Waals surface area contributed by atoms with Gasteiger partial charge in [-0.15, -0.1) is 0 Å². The molecule has 0 aromatic heterocycles. The van der Waals surface area contributed by atoms with E-state index in [1.54, 1.807) is 0 Å². The van der Waals surface area contributed by atoms with Crippen LogP contribution in [0, 0.1) is 22.7 Å². The van der Waals surface area contributed by atoms with Gasteiger partial charge < -0.3 is 10.2 Å². The summed E-state index contributed by atoms with van der Waals surface area (Å²) in [6.07, 6.45) is 5.73. The standard InChI is InChI=1S/C33H46O2/c1-10-19-14-22(28(34)24(16-19)30(3,4)5)27(33-18-21-12-13-26(33)32(21,33)9)23-15-20(11-2)17-25(29(23)35)31(6,7)8/h14-17,21,26-27,34-35H,10-13,18H2,1-9H3. The van der Waals surface area contributed by atoms with E-state index in [2.05, 4.69) is 86.6 Å². The number of hydrogen-bond acceptors (Lipinski definition) is 2. The summed E-state index contributed by atoms with van der Waals surface area (Å²) in [7, 11) is 0. The van der Waals surface area contributed by atoms with Gasteiger partial charge in [0.15, 0.2) is 0 Å². The third-order valence-corrected chi connectivity index (χ3v) is 10.5. The zero-order valence-electron chi connectivity index (χ0n) is 23.5. The van der Waals surface area contributed by atoms with Crippen molar-refractivity contribution in [1.29, 1.82) is 0 Å². The van der Waals surface area contributed by atoms with Crippen LogP contribution in [0.15, 0.2) is 24.3 Å². The molecule has 2 aromatic carbocycles. The maximum absolute atomic E-state index is 11.9. The van der Waals surface area contributed by atoms with E-state index in [9.17, 15) is 10.2 Å². The zero-order chi connectivity index (χ0) is 25.7. The number of rotatable bonds is 5. The fraction of sp³-hybridized carbons (Fsp3) is 0.636. The van der Waals surface area contributed by atoms with Crippen LogP contribution in [0.4, 0.5) is 0 Å². The van der Waals surface area contributed by atoms with E-state index in [0.29, 0.717) is 22.8 Å². The molecule has 4 atom stereocenters. The molecule has 0 heterocycles. The van der Waals surface area contributed by atoms with Crippen LogP contribution in [-0.2, 0) is 23.7 Å². The molecule has 190 valence electrons. The first-order chi connectivity index (χ1) is 16.2. The van der Waals surface area contributed by atoms with E-state index in [1.165, 1.54) is 30.4 Å². The van der Waals surface area contributed by atoms with Crippen LogP contribution in [0.3, 0.4) is 0 Å². The minimum atomic E-state index is -0.151. The molecule has 2 heteroatoms. The van der Waals surface area contributed by atoms with Gasteiger partial charge in [-0.2, -0.15) is 0 Å². The van der Waals surface area contributed by atoms with Crippen molar-refractivity contribution >= 4 is 0 Å². The largest absolute Gasteiger partial charge is 0.507 e. The van der Waals surface area contributed by atoms with Gasteiger partial charge in [0.2, 0.25) is 0 Å². The molecule has 3 saturated carbocycles. The molecule has 0 aliphatic heterocycles. The number of phenols is 2. The van der Waals surface area contributed by atoms with Crippen LogP contribution in [-0.4, -0.2) is 10.2 Å². The lowest BCUT2D eigenvalue weighted by molar-refractivity contribution is 0.0623. The topological polar surface area (TPSA) is 40.5 Å². The Hall–Kier alpha value is -1.96. The smallest absolute Gasteiger partial charge is 0.123 e. The van der Waals surface area contributed by atoms with Gasteiger partial charge in [0.1, 0.15) is 11.5 Å². The normalized spacial score (nSPS) is 29.3. The Balaban J connectivity index is 1.82. The Morgan fingerprint density at radius 1 is 0.800 bits per heavy atom. The second kappa shape index (κ2) is 7.53. The monoisotopic (exact) mass is 474 g/mol. The summed E-state index contributed by atoms with van der Waals surface area (Å²) in [6.45, 7) is 20.1. The van der Waals surface area contributed by atoms with E-state index in [0.717, 1.165) is 41.0 Å². The maximum Gasteiger partial charge on any atom is 0.123 e. The van der Waals surface area contributed by atoms with Crippen LogP contribution < -0.4 is 0 Å². The highest BCUT2D eigenvalue weighted by atomic mass is 16.3. The van der Waals surface area contributed by atoms with Crippen LogP contribution in [0.2, 0.25) is 0 Å². The van der Waals surface area contributed by atoms with Gasteiger partial charge in [-0.25, -0.2) is 0 Å². The second-order valence-corrected chi connectivity index (χ2v) is 14.2. The molecule has 3 aliphatic carbocycles. The van der Waals surface area contributed by atoms with Crippen molar-refractivity contribution in [3.8, 4) is 11.5 Å². The number of phenolic OH excluding ortho intramolecular Hbond substituents is 2. The number of aromatic hydroxyl groups is 2. The minimum absolute atomic E-state index is 0.0225. The van der Waals surface area contributed by atoms with Crippen molar-refractivity contribution in [2.75, 3.05) is 0 Å². The number of benzene rings is 2. The zero-order valence-corrected chi connectivity index (χ0v) is 23.5. The molecule has 5 rings (SSSR count). The Bertz CT molecular complexity index is 1110. The Labute approximate surface area is 213 Å². The molecule has 3 fully saturated rings. The summed E-state index contributed by atoms with van der Waals surface area (Å²) >= 11 is 0. The first kappa shape index (κ1) is 24.7. The molecule has 3 aliphatic rings. The molecule has 0 spiro atoms. The number of hydrogen-bond donors (Lipinski definition) is 2. The molecule has 0 amide bonds. The maximum atomic E-state index is 11.9. The van der Waals surface area contributed by atoms with Gasteiger partial charge >= 0.3 is 0 Å². The summed E-state index contributed by atoms with van der Waals surface area (Å²) in [5.41, 5.74) is 6.89. The highest BCUT2D eigenvalue weighted by Crippen LogP contribution is 2.94. The highest BCUT2D eigenvalue weighted by Gasteiger charge is 2.87. The average Bonchev–Trinajstić information content (AvgIpc) is 3.01. The van der Waals surface area contributed by atoms with E-state index < -0.39 is 0 Å². The van der Waals surface area contributed by atoms with Crippen molar-refractivity contribution < 1.29 is 10.2 Å². The molecular formula is C33H46O2. The van der Waals surface area contributed by atoms with Gasteiger partial charge in [0, 0.05) is 17.0 Å². The van der Waals surface area contributed by atoms with Gasteiger partial charge in [0.05, 0.1) is 0 Å². The molecule has 2 nitrogen and oxygen atoms in total. The van der Waals surface area contributed by atoms with Crippen molar-refractivity contribution in [2.45, 2.75) is 111 Å². The summed E-state index contributed by atoms with van der Waals surface area (Å²) in [5.74, 6) is 2.41. The lowest BCUT2D eigenvalue weighted by atomic mass is 9.55. The molecule has 35 heavy (non-hydrogen) atoms. The Morgan fingerprint density at radius 3 is 1.57 bits per heavy atom. The summed E-state index contributed by atoms with van der Waals surface area (Å²) in [5, 5.41) is 23.8. The second-order valence-electron chi connectivity index (χ2n) is 14.2. The van der Waals surface area contributed by atoms with Crippen LogP contribution in [0.5, 0.6) is 11.5 Å². The van der Waals surface area contributed by atoms with Crippen LogP contribution in [0.1, 0.15) is 121 Å². The predicted molar refractivity (Wildman–Crippen MR) is 146 cm³/mol. The molecule has 2 N–H and O–H groups in total. The molecule has 2 aromatic rings. The first-order valence-electron chi connectivity index (χ1n) is 13.9. The van der Waals surface area contributed by atoms with Gasteiger partial charge in [-0.3, -0.25) is 0 Å². The fourth-order valence-corrected chi connectivity index (χ4v) is 8.47. The summed E-state index contributed by atoms with van der Waals surface area (Å²) in [6, 6.07) is 8.94. The van der Waals surface area contributed by atoms with Crippen molar-refractivity contribution in [3.05, 3.63) is 57.6 Å². The number of fused-ring (bicyclic) bond motifs is 1. The predicted octanol–water partition coefficient (Wildman–Crippen LogP) is 8.39. The lowest BCUT2D eigenvalue weighted by Crippen LogP contribution is -2.39. The van der Waals surface area contributed by atoms with Gasteiger partial charge in [-0.1, -0.05) is 86.6 Å². The summed E-state index contributed by atoms with van der Waals surface area (Å²) < 4.78 is 0. The Morgan fingerprint density at radius 2 is 1.26 bits per heavy atom. The third kappa shape index (κ3) is 3.20. The lowest BCUT2D eigenvalue weighted by Gasteiger charge is -2.48. The summed E-state index contributed by atoms with van der Waals surface area (Å²) in [4.78, 5) is 0. The fourth-order valence-electron chi connectivity index (χ4n) is 8.47. The van der Waals surface area contributed by atoms with Gasteiger partial charge in [-0.05, 0) is 87.9 Å². The van der Waals surface area contributed by atoms with Crippen LogP contribution >= 0.6 is 0 Å². The van der Waals surface area contributed by atoms with Gasteiger partial charge in [0.25, 0.3) is 0 Å². The third-order valence-electron chi connectivity index (χ3n) is 10.5. The van der Waals surface area contributed by atoms with Crippen LogP contribution in [0.25, 0.3) is 0 Å². The number of aryl methyl sites for hydroxylation is 2. The van der Waals surface area contributed by atoms with E-state index in [4.69, 9.17) is 0 Å². The molecule has 0 saturated heterocycles. The van der Waals surface area contributed by atoms with E-state index in [1.807, 2.05) is 0 Å². The quantitative estimate of drug-likeness (QED) is 0.457. The van der Waals surface area contributed by atoms with E-state index >= 15 is 0 Å². The molecular weight excluding hydrogens is 428 g/mol. The average molecular weight is 475 g/mol. The van der Waals surface area contributed by atoms with Crippen molar-refractivity contribution in [1.82, 2.24) is 0 Å². The first-order valence-corrected chi connectivity index (χ1v) is 13.9. The molecule has 0 bridgehead atoms. The van der Waals surface area contributed by atoms with Crippen molar-refractivity contribution in [2.24, 2.45) is 22.7 Å².